The normalized spacial score (nSPS) is 54.6. The highest BCUT2D eigenvalue weighted by Crippen LogP contribution is 2.64. The van der Waals surface area contributed by atoms with Gasteiger partial charge in [-0.2, -0.15) is 0 Å². The van der Waals surface area contributed by atoms with Gasteiger partial charge in [-0.1, -0.05) is 32.3 Å². The SMILES string of the molecule is C=CC1CCC2C3CCC4CCCCC4C3CCC12C. The zero-order valence-electron chi connectivity index (χ0n) is 13.3. The fourth-order valence-electron chi connectivity index (χ4n) is 7.26. The third kappa shape index (κ3) is 1.79. The van der Waals surface area contributed by atoms with Crippen molar-refractivity contribution in [3.05, 3.63) is 12.7 Å². The molecule has 4 rings (SSSR count). The molecule has 4 aliphatic carbocycles. The maximum Gasteiger partial charge on any atom is -0.0179 e. The molecule has 0 nitrogen and oxygen atoms in total. The maximum atomic E-state index is 4.15. The lowest BCUT2D eigenvalue weighted by atomic mass is 9.50. The van der Waals surface area contributed by atoms with E-state index in [1.165, 1.54) is 32.1 Å². The van der Waals surface area contributed by atoms with Crippen LogP contribution in [0.5, 0.6) is 0 Å². The molecule has 0 N–H and O–H groups in total. The predicted octanol–water partition coefficient (Wildman–Crippen LogP) is 5.83. The Bertz CT molecular complexity index is 383. The van der Waals surface area contributed by atoms with Crippen LogP contribution in [0.1, 0.15) is 71.1 Å². The Morgan fingerprint density at radius 1 is 0.850 bits per heavy atom. The summed E-state index contributed by atoms with van der Waals surface area (Å²) in [6, 6.07) is 0. The van der Waals surface area contributed by atoms with Crippen LogP contribution in [0, 0.1) is 40.9 Å². The molecule has 0 saturated heterocycles. The molecule has 20 heavy (non-hydrogen) atoms. The van der Waals surface area contributed by atoms with E-state index in [1.807, 2.05) is 0 Å². The molecule has 0 heteroatoms. The van der Waals surface area contributed by atoms with Crippen LogP contribution >= 0.6 is 0 Å². The Morgan fingerprint density at radius 2 is 1.70 bits per heavy atom. The van der Waals surface area contributed by atoms with Crippen LogP contribution in [0.25, 0.3) is 0 Å². The van der Waals surface area contributed by atoms with E-state index in [0.29, 0.717) is 5.41 Å². The minimum absolute atomic E-state index is 0.615. The van der Waals surface area contributed by atoms with E-state index in [1.54, 1.807) is 32.1 Å². The summed E-state index contributed by atoms with van der Waals surface area (Å²) in [4.78, 5) is 0. The van der Waals surface area contributed by atoms with Gasteiger partial charge in [-0.3, -0.25) is 0 Å². The Balaban J connectivity index is 1.59. The third-order valence-corrected chi connectivity index (χ3v) is 8.24. The fourth-order valence-corrected chi connectivity index (χ4v) is 7.26. The van der Waals surface area contributed by atoms with Crippen LogP contribution in [0.3, 0.4) is 0 Å². The molecule has 112 valence electrons. The first-order valence-corrected chi connectivity index (χ1v) is 9.36. The van der Waals surface area contributed by atoms with Crippen LogP contribution in [0.4, 0.5) is 0 Å². The molecule has 0 aromatic heterocycles. The molecule has 0 spiro atoms. The fraction of sp³-hybridized carbons (Fsp3) is 0.900. The lowest BCUT2D eigenvalue weighted by Gasteiger charge is -2.55. The largest absolute Gasteiger partial charge is 0.103 e. The van der Waals surface area contributed by atoms with Crippen LogP contribution in [0.15, 0.2) is 12.7 Å². The molecule has 0 aromatic rings. The number of rotatable bonds is 1. The van der Waals surface area contributed by atoms with Crippen molar-refractivity contribution < 1.29 is 0 Å². The summed E-state index contributed by atoms with van der Waals surface area (Å²) in [5.74, 6) is 6.28. The van der Waals surface area contributed by atoms with E-state index in [9.17, 15) is 0 Å². The summed E-state index contributed by atoms with van der Waals surface area (Å²) in [5.41, 5.74) is 0.615. The number of fused-ring (bicyclic) bond motifs is 5. The lowest BCUT2D eigenvalue weighted by molar-refractivity contribution is -0.0569. The minimum Gasteiger partial charge on any atom is -0.103 e. The van der Waals surface area contributed by atoms with Gasteiger partial charge in [0.15, 0.2) is 0 Å². The average Bonchev–Trinajstić information content (AvgIpc) is 2.83. The molecule has 0 amide bonds. The van der Waals surface area contributed by atoms with Gasteiger partial charge in [0, 0.05) is 0 Å². The van der Waals surface area contributed by atoms with Crippen molar-refractivity contribution in [1.82, 2.24) is 0 Å². The molecular weight excluding hydrogens is 240 g/mol. The van der Waals surface area contributed by atoms with Gasteiger partial charge < -0.3 is 0 Å². The molecular formula is C20H32. The highest BCUT2D eigenvalue weighted by atomic mass is 14.6. The summed E-state index contributed by atoms with van der Waals surface area (Å²) in [6.07, 6.45) is 17.6. The first-order chi connectivity index (χ1) is 9.74. The van der Waals surface area contributed by atoms with Crippen LogP contribution in [0.2, 0.25) is 0 Å². The van der Waals surface area contributed by atoms with Crippen molar-refractivity contribution in [2.75, 3.05) is 0 Å². The molecule has 4 fully saturated rings. The van der Waals surface area contributed by atoms with Gasteiger partial charge in [-0.05, 0) is 85.9 Å². The summed E-state index contributed by atoms with van der Waals surface area (Å²) in [7, 11) is 0. The van der Waals surface area contributed by atoms with Crippen molar-refractivity contribution in [2.45, 2.75) is 71.1 Å². The Morgan fingerprint density at radius 3 is 2.55 bits per heavy atom. The van der Waals surface area contributed by atoms with Crippen molar-refractivity contribution in [3.8, 4) is 0 Å². The quantitative estimate of drug-likeness (QED) is 0.527. The summed E-state index contributed by atoms with van der Waals surface area (Å²) in [5, 5.41) is 0. The van der Waals surface area contributed by atoms with Gasteiger partial charge in [0.2, 0.25) is 0 Å². The van der Waals surface area contributed by atoms with Gasteiger partial charge in [-0.15, -0.1) is 6.58 Å². The molecule has 4 saturated carbocycles. The number of allylic oxidation sites excluding steroid dienone is 1. The second-order valence-electron chi connectivity index (χ2n) is 8.68. The van der Waals surface area contributed by atoms with Gasteiger partial charge in [0.05, 0.1) is 0 Å². The Labute approximate surface area is 125 Å². The monoisotopic (exact) mass is 272 g/mol. The highest BCUT2D eigenvalue weighted by molar-refractivity contribution is 5.08. The summed E-state index contributed by atoms with van der Waals surface area (Å²) < 4.78 is 0. The van der Waals surface area contributed by atoms with E-state index in [2.05, 4.69) is 19.6 Å². The predicted molar refractivity (Wildman–Crippen MR) is 85.4 cm³/mol. The van der Waals surface area contributed by atoms with Crippen molar-refractivity contribution in [1.29, 1.82) is 0 Å². The van der Waals surface area contributed by atoms with Gasteiger partial charge >= 0.3 is 0 Å². The topological polar surface area (TPSA) is 0 Å². The molecule has 0 radical (unpaired) electrons. The summed E-state index contributed by atoms with van der Waals surface area (Å²) >= 11 is 0. The molecule has 0 aliphatic heterocycles. The van der Waals surface area contributed by atoms with Gasteiger partial charge in [-0.25, -0.2) is 0 Å². The van der Waals surface area contributed by atoms with Crippen LogP contribution in [-0.2, 0) is 0 Å². The highest BCUT2D eigenvalue weighted by Gasteiger charge is 2.55. The Kier molecular flexibility index (Phi) is 3.28. The molecule has 7 unspecified atom stereocenters. The van der Waals surface area contributed by atoms with E-state index < -0.39 is 0 Å². The lowest BCUT2D eigenvalue weighted by Crippen LogP contribution is -2.47. The van der Waals surface area contributed by atoms with E-state index in [4.69, 9.17) is 0 Å². The first kappa shape index (κ1) is 13.4. The molecule has 4 aliphatic rings. The summed E-state index contributed by atoms with van der Waals surface area (Å²) in [6.45, 7) is 6.76. The van der Waals surface area contributed by atoms with Crippen molar-refractivity contribution in [3.63, 3.8) is 0 Å². The van der Waals surface area contributed by atoms with Gasteiger partial charge in [0.25, 0.3) is 0 Å². The Hall–Kier alpha value is -0.260. The van der Waals surface area contributed by atoms with Gasteiger partial charge in [0.1, 0.15) is 0 Å². The number of hydrogen-bond donors (Lipinski definition) is 0. The second kappa shape index (κ2) is 4.89. The van der Waals surface area contributed by atoms with E-state index in [0.717, 1.165) is 35.5 Å². The van der Waals surface area contributed by atoms with E-state index >= 15 is 0 Å². The smallest absolute Gasteiger partial charge is 0.0179 e. The van der Waals surface area contributed by atoms with E-state index in [-0.39, 0.29) is 0 Å². The van der Waals surface area contributed by atoms with Crippen LogP contribution < -0.4 is 0 Å². The minimum atomic E-state index is 0.615. The second-order valence-corrected chi connectivity index (χ2v) is 8.68. The standard InChI is InChI=1S/C20H32/c1-3-15-9-11-19-18-10-8-14-6-4-5-7-16(14)17(18)12-13-20(15,19)2/h3,14-19H,1,4-13H2,2H3. The third-order valence-electron chi connectivity index (χ3n) is 8.24. The van der Waals surface area contributed by atoms with Crippen LogP contribution in [-0.4, -0.2) is 0 Å². The van der Waals surface area contributed by atoms with Crippen molar-refractivity contribution >= 4 is 0 Å². The number of hydrogen-bond acceptors (Lipinski definition) is 0. The molecule has 7 atom stereocenters. The van der Waals surface area contributed by atoms with Crippen molar-refractivity contribution in [2.24, 2.45) is 40.9 Å². The molecule has 0 bridgehead atoms. The molecule has 0 heterocycles. The first-order valence-electron chi connectivity index (χ1n) is 9.36. The zero-order chi connectivity index (χ0) is 13.7. The molecule has 0 aromatic carbocycles. The maximum absolute atomic E-state index is 4.15. The average molecular weight is 272 g/mol. The zero-order valence-corrected chi connectivity index (χ0v) is 13.3.